The Morgan fingerprint density at radius 3 is 1.23 bits per heavy atom. The van der Waals surface area contributed by atoms with Gasteiger partial charge in [0.15, 0.2) is 0 Å². The van der Waals surface area contributed by atoms with Gasteiger partial charge < -0.3 is 0 Å². The maximum atomic E-state index is 2.47. The maximum absolute atomic E-state index is 2.47. The largest absolute Gasteiger partial charge is 0.0683 e. The SMILES string of the molecule is CC.CC.Cc1c2ccccc2c(C)c2cc3c(cc12)-c1ccc2c4cccc5cccc(c6ccc-3c1c26)c54. The van der Waals surface area contributed by atoms with Gasteiger partial charge in [0, 0.05) is 0 Å². The average Bonchev–Trinajstić information content (AvgIpc) is 3.35. The van der Waals surface area contributed by atoms with E-state index in [1.54, 1.807) is 0 Å². The van der Waals surface area contributed by atoms with Gasteiger partial charge in [-0.15, -0.1) is 0 Å². The van der Waals surface area contributed by atoms with E-state index in [0.717, 1.165) is 0 Å². The van der Waals surface area contributed by atoms with Crippen molar-refractivity contribution in [2.24, 2.45) is 0 Å². The summed E-state index contributed by atoms with van der Waals surface area (Å²) in [7, 11) is 0. The standard InChI is InChI=1S/C36H22.2C2H6/c1-19-22-9-3-4-10-23(22)20(2)31-18-33-29-16-14-27-25-12-6-8-21-7-5-11-24(34(21)25)26-13-15-28(36(29)35(26)27)32(33)17-30(19)31;2*1-2/h3-18H,1-2H3;2*1-2H3. The second kappa shape index (κ2) is 9.07. The van der Waals surface area contributed by atoms with Crippen LogP contribution < -0.4 is 0 Å². The minimum atomic E-state index is 1.32. The summed E-state index contributed by atoms with van der Waals surface area (Å²) < 4.78 is 0. The molecular weight excluding hydrogens is 480 g/mol. The van der Waals surface area contributed by atoms with Gasteiger partial charge in [-0.2, -0.15) is 0 Å². The Morgan fingerprint density at radius 2 is 0.750 bits per heavy atom. The predicted octanol–water partition coefficient (Wildman–Crippen LogP) is 12.4. The van der Waals surface area contributed by atoms with Crippen molar-refractivity contribution in [3.8, 4) is 22.3 Å². The van der Waals surface area contributed by atoms with Crippen LogP contribution in [-0.2, 0) is 0 Å². The molecular formula is C40H34. The Morgan fingerprint density at radius 1 is 0.325 bits per heavy atom. The van der Waals surface area contributed by atoms with Crippen molar-refractivity contribution in [2.45, 2.75) is 41.5 Å². The molecule has 0 bridgehead atoms. The first-order chi connectivity index (χ1) is 19.7. The van der Waals surface area contributed by atoms with Gasteiger partial charge in [-0.25, -0.2) is 0 Å². The highest BCUT2D eigenvalue weighted by Gasteiger charge is 2.26. The molecule has 0 spiro atoms. The topological polar surface area (TPSA) is 0 Å². The molecule has 0 unspecified atom stereocenters. The van der Waals surface area contributed by atoms with Crippen LogP contribution in [-0.4, -0.2) is 0 Å². The Hall–Kier alpha value is -4.42. The Kier molecular flexibility index (Phi) is 5.58. The molecule has 8 aromatic carbocycles. The summed E-state index contributed by atoms with van der Waals surface area (Å²) in [6, 6.07) is 36.7. The van der Waals surface area contributed by atoms with Crippen LogP contribution in [0.4, 0.5) is 0 Å². The lowest BCUT2D eigenvalue weighted by Gasteiger charge is -2.15. The van der Waals surface area contributed by atoms with Crippen LogP contribution in [0.25, 0.3) is 86.9 Å². The van der Waals surface area contributed by atoms with Gasteiger partial charge in [0.05, 0.1) is 0 Å². The molecule has 0 heterocycles. The zero-order valence-electron chi connectivity index (χ0n) is 24.2. The smallest absolute Gasteiger partial charge is 0.00139 e. The van der Waals surface area contributed by atoms with Gasteiger partial charge in [0.25, 0.3) is 0 Å². The lowest BCUT2D eigenvalue weighted by Crippen LogP contribution is -1.89. The maximum Gasteiger partial charge on any atom is -0.00139 e. The van der Waals surface area contributed by atoms with Gasteiger partial charge in [-0.3, -0.25) is 0 Å². The fourth-order valence-electron chi connectivity index (χ4n) is 7.28. The van der Waals surface area contributed by atoms with E-state index in [-0.39, 0.29) is 0 Å². The van der Waals surface area contributed by atoms with Crippen LogP contribution in [0.1, 0.15) is 38.8 Å². The van der Waals surface area contributed by atoms with Gasteiger partial charge in [0.1, 0.15) is 0 Å². The van der Waals surface area contributed by atoms with Crippen molar-refractivity contribution in [2.75, 3.05) is 0 Å². The first-order valence-electron chi connectivity index (χ1n) is 14.8. The summed E-state index contributed by atoms with van der Waals surface area (Å²) >= 11 is 0. The molecule has 0 heteroatoms. The predicted molar refractivity (Wildman–Crippen MR) is 179 cm³/mol. The zero-order chi connectivity index (χ0) is 27.7. The van der Waals surface area contributed by atoms with Crippen molar-refractivity contribution in [3.05, 3.63) is 108 Å². The van der Waals surface area contributed by atoms with E-state index in [4.69, 9.17) is 0 Å². The van der Waals surface area contributed by atoms with E-state index in [0.29, 0.717) is 0 Å². The molecule has 1 aliphatic rings. The molecule has 0 atom stereocenters. The number of benzene rings is 8. The van der Waals surface area contributed by atoms with E-state index in [1.807, 2.05) is 27.7 Å². The van der Waals surface area contributed by atoms with Crippen molar-refractivity contribution in [1.29, 1.82) is 0 Å². The molecule has 0 fully saturated rings. The summed E-state index contributed by atoms with van der Waals surface area (Å²) in [5.41, 5.74) is 8.24. The highest BCUT2D eigenvalue weighted by Crippen LogP contribution is 2.53. The second-order valence-electron chi connectivity index (χ2n) is 10.5. The highest BCUT2D eigenvalue weighted by atomic mass is 14.3. The minimum Gasteiger partial charge on any atom is -0.0683 e. The van der Waals surface area contributed by atoms with Crippen LogP contribution >= 0.6 is 0 Å². The number of hydrogen-bond donors (Lipinski definition) is 0. The molecule has 0 aliphatic heterocycles. The molecule has 194 valence electrons. The van der Waals surface area contributed by atoms with E-state index < -0.39 is 0 Å². The number of rotatable bonds is 0. The van der Waals surface area contributed by atoms with Crippen LogP contribution in [0, 0.1) is 13.8 Å². The molecule has 0 saturated heterocycles. The van der Waals surface area contributed by atoms with Crippen molar-refractivity contribution in [3.63, 3.8) is 0 Å². The Labute approximate surface area is 236 Å². The van der Waals surface area contributed by atoms with Gasteiger partial charge in [-0.1, -0.05) is 113 Å². The average molecular weight is 515 g/mol. The first kappa shape index (κ1) is 24.6. The second-order valence-corrected chi connectivity index (χ2v) is 10.5. The molecule has 0 nitrogen and oxygen atoms in total. The summed E-state index contributed by atoms with van der Waals surface area (Å²) in [6.07, 6.45) is 0. The molecule has 1 aliphatic carbocycles. The van der Waals surface area contributed by atoms with Crippen molar-refractivity contribution < 1.29 is 0 Å². The van der Waals surface area contributed by atoms with Crippen molar-refractivity contribution in [1.82, 2.24) is 0 Å². The van der Waals surface area contributed by atoms with Gasteiger partial charge >= 0.3 is 0 Å². The highest BCUT2D eigenvalue weighted by molar-refractivity contribution is 6.37. The monoisotopic (exact) mass is 514 g/mol. The lowest BCUT2D eigenvalue weighted by atomic mass is 9.88. The van der Waals surface area contributed by atoms with Gasteiger partial charge in [0.2, 0.25) is 0 Å². The fourth-order valence-corrected chi connectivity index (χ4v) is 7.28. The molecule has 8 aromatic rings. The normalized spacial score (nSPS) is 11.8. The van der Waals surface area contributed by atoms with Gasteiger partial charge in [-0.05, 0) is 124 Å². The molecule has 0 amide bonds. The number of fused-ring (bicyclic) bond motifs is 7. The summed E-state index contributed by atoms with van der Waals surface area (Å²) in [5, 5.41) is 16.5. The third-order valence-corrected chi connectivity index (χ3v) is 8.93. The third-order valence-electron chi connectivity index (χ3n) is 8.93. The number of aryl methyl sites for hydroxylation is 2. The molecule has 0 saturated carbocycles. The lowest BCUT2D eigenvalue weighted by molar-refractivity contribution is 1.50. The summed E-state index contributed by atoms with van der Waals surface area (Å²) in [6.45, 7) is 12.6. The van der Waals surface area contributed by atoms with Crippen molar-refractivity contribution >= 4 is 64.6 Å². The Balaban J connectivity index is 0.000000636. The van der Waals surface area contributed by atoms with E-state index in [1.165, 1.54) is 98.0 Å². The molecule has 0 N–H and O–H groups in total. The fraction of sp³-hybridized carbons (Fsp3) is 0.150. The van der Waals surface area contributed by atoms with Crippen LogP contribution in [0.15, 0.2) is 97.1 Å². The summed E-state index contributed by atoms with van der Waals surface area (Å²) in [5.74, 6) is 0. The molecule has 40 heavy (non-hydrogen) atoms. The molecule has 9 rings (SSSR count). The van der Waals surface area contributed by atoms with Crippen LogP contribution in [0.5, 0.6) is 0 Å². The zero-order valence-corrected chi connectivity index (χ0v) is 24.2. The summed E-state index contributed by atoms with van der Waals surface area (Å²) in [4.78, 5) is 0. The van der Waals surface area contributed by atoms with E-state index in [2.05, 4.69) is 111 Å². The number of hydrogen-bond acceptors (Lipinski definition) is 0. The third kappa shape index (κ3) is 3.02. The van der Waals surface area contributed by atoms with Crippen LogP contribution in [0.2, 0.25) is 0 Å². The quantitative estimate of drug-likeness (QED) is 0.139. The minimum absolute atomic E-state index is 1.32. The molecule has 0 radical (unpaired) electrons. The molecule has 0 aromatic heterocycles. The Bertz CT molecular complexity index is 2110. The van der Waals surface area contributed by atoms with Crippen LogP contribution in [0.3, 0.4) is 0 Å². The first-order valence-corrected chi connectivity index (χ1v) is 14.8. The van der Waals surface area contributed by atoms with E-state index in [9.17, 15) is 0 Å². The van der Waals surface area contributed by atoms with E-state index >= 15 is 0 Å².